The van der Waals surface area contributed by atoms with Crippen LogP contribution in [0.5, 0.6) is 11.5 Å². The van der Waals surface area contributed by atoms with Gasteiger partial charge in [0.15, 0.2) is 17.3 Å². The van der Waals surface area contributed by atoms with Crippen LogP contribution in [0.2, 0.25) is 0 Å². The normalized spacial score (nSPS) is 30.8. The van der Waals surface area contributed by atoms with Crippen LogP contribution in [-0.4, -0.2) is 48.0 Å². The average molecular weight is 367 g/mol. The minimum absolute atomic E-state index is 0.106. The summed E-state index contributed by atoms with van der Waals surface area (Å²) in [7, 11) is 3.01. The maximum absolute atomic E-state index is 12.6. The van der Waals surface area contributed by atoms with E-state index >= 15 is 0 Å². The molecule has 2 fully saturated rings. The lowest BCUT2D eigenvalue weighted by atomic mass is 9.53. The molecule has 4 aliphatic rings. The minimum atomic E-state index is -0.660. The van der Waals surface area contributed by atoms with Gasteiger partial charge in [-0.2, -0.15) is 0 Å². The number of hydrogen-bond donors (Lipinski definition) is 1. The molecular weight excluding hydrogens is 346 g/mol. The highest BCUT2D eigenvalue weighted by Gasteiger charge is 2.62. The molecule has 6 heteroatoms. The second-order valence-corrected chi connectivity index (χ2v) is 7.76. The van der Waals surface area contributed by atoms with Crippen molar-refractivity contribution in [3.05, 3.63) is 46.7 Å². The van der Waals surface area contributed by atoms with Crippen molar-refractivity contribution in [2.24, 2.45) is 0 Å². The third-order valence-electron chi connectivity index (χ3n) is 6.77. The number of fused-ring (bicyclic) bond motifs is 1. The number of carbonyl (C=O) groups is 2. The summed E-state index contributed by atoms with van der Waals surface area (Å²) in [6, 6.07) is 3.74. The number of piperidine rings is 1. The second-order valence-electron chi connectivity index (χ2n) is 7.76. The van der Waals surface area contributed by atoms with E-state index in [1.807, 2.05) is 17.0 Å². The topological polar surface area (TPSA) is 76.1 Å². The van der Waals surface area contributed by atoms with Crippen LogP contribution in [-0.2, 0) is 26.2 Å². The van der Waals surface area contributed by atoms with Crippen molar-refractivity contribution in [1.29, 1.82) is 0 Å². The van der Waals surface area contributed by atoms with Crippen molar-refractivity contribution in [2.75, 3.05) is 20.8 Å². The molecule has 6 nitrogen and oxygen atoms in total. The molecule has 0 saturated carbocycles. The third-order valence-corrected chi connectivity index (χ3v) is 6.77. The molecule has 2 saturated heterocycles. The number of rotatable bonds is 2. The first-order valence-corrected chi connectivity index (χ1v) is 9.20. The van der Waals surface area contributed by atoms with Crippen LogP contribution in [0.15, 0.2) is 35.6 Å². The molecule has 1 aromatic carbocycles. The number of methoxy groups -OCH3 is 2. The van der Waals surface area contributed by atoms with Crippen LogP contribution in [0.4, 0.5) is 0 Å². The molecule has 140 valence electrons. The van der Waals surface area contributed by atoms with Gasteiger partial charge < -0.3 is 19.5 Å². The number of nitrogens with zero attached hydrogens (tertiary/aromatic N) is 1. The Labute approximate surface area is 157 Å². The first-order valence-electron chi connectivity index (χ1n) is 9.20. The van der Waals surface area contributed by atoms with Crippen molar-refractivity contribution >= 4 is 11.7 Å². The first kappa shape index (κ1) is 16.4. The van der Waals surface area contributed by atoms with E-state index in [9.17, 15) is 14.7 Å². The zero-order valence-electron chi connectivity index (χ0n) is 15.4. The Morgan fingerprint density at radius 2 is 1.96 bits per heavy atom. The van der Waals surface area contributed by atoms with E-state index in [0.29, 0.717) is 38.0 Å². The van der Waals surface area contributed by atoms with Crippen LogP contribution in [0.3, 0.4) is 0 Å². The Morgan fingerprint density at radius 1 is 1.15 bits per heavy atom. The number of phenolic OH excluding ortho intramolecular Hbond substituents is 1. The molecule has 2 atom stereocenters. The number of hydrogen-bond acceptors (Lipinski definition) is 5. The standard InChI is InChI=1S/C21H21NO5/c1-26-14-4-3-12-10-21-6-5-17(24)22(21)8-7-20(18(12)19(14)25)11-15(27-2)13(23)9-16(20)21/h3-4,9,11,25H,5-8,10H2,1-2H3/t20-,21+/m0/s1. The second kappa shape index (κ2) is 5.15. The summed E-state index contributed by atoms with van der Waals surface area (Å²) in [5, 5.41) is 11.0. The largest absolute Gasteiger partial charge is 0.504 e. The highest BCUT2D eigenvalue weighted by Crippen LogP contribution is 2.62. The molecular formula is C21H21NO5. The third kappa shape index (κ3) is 1.80. The van der Waals surface area contributed by atoms with Crippen LogP contribution in [0, 0.1) is 0 Å². The Balaban J connectivity index is 1.86. The number of amides is 1. The van der Waals surface area contributed by atoms with Crippen LogP contribution < -0.4 is 4.74 Å². The zero-order valence-corrected chi connectivity index (χ0v) is 15.4. The first-order chi connectivity index (χ1) is 13.0. The van der Waals surface area contributed by atoms with Crippen molar-refractivity contribution in [3.63, 3.8) is 0 Å². The van der Waals surface area contributed by atoms with Gasteiger partial charge in [-0.25, -0.2) is 0 Å². The number of carbonyl (C=O) groups excluding carboxylic acids is 2. The van der Waals surface area contributed by atoms with Gasteiger partial charge in [-0.3, -0.25) is 9.59 Å². The molecule has 5 rings (SSSR count). The van der Waals surface area contributed by atoms with Gasteiger partial charge in [-0.1, -0.05) is 6.07 Å². The monoisotopic (exact) mass is 367 g/mol. The van der Waals surface area contributed by atoms with E-state index in [4.69, 9.17) is 9.47 Å². The van der Waals surface area contributed by atoms with Crippen molar-refractivity contribution in [3.8, 4) is 11.5 Å². The van der Waals surface area contributed by atoms with Gasteiger partial charge >= 0.3 is 0 Å². The fourth-order valence-electron chi connectivity index (χ4n) is 5.70. The van der Waals surface area contributed by atoms with Gasteiger partial charge in [0, 0.05) is 30.4 Å². The zero-order chi connectivity index (χ0) is 19.0. The van der Waals surface area contributed by atoms with Gasteiger partial charge in [0.25, 0.3) is 0 Å². The predicted octanol–water partition coefficient (Wildman–Crippen LogP) is 2.00. The highest BCUT2D eigenvalue weighted by atomic mass is 16.5. The van der Waals surface area contributed by atoms with E-state index in [2.05, 4.69) is 0 Å². The van der Waals surface area contributed by atoms with E-state index in [0.717, 1.165) is 16.7 Å². The predicted molar refractivity (Wildman–Crippen MR) is 96.5 cm³/mol. The van der Waals surface area contributed by atoms with Crippen molar-refractivity contribution in [1.82, 2.24) is 4.90 Å². The smallest absolute Gasteiger partial charge is 0.223 e. The maximum Gasteiger partial charge on any atom is 0.223 e. The Morgan fingerprint density at radius 3 is 2.70 bits per heavy atom. The summed E-state index contributed by atoms with van der Waals surface area (Å²) in [5.41, 5.74) is 1.53. The lowest BCUT2D eigenvalue weighted by Crippen LogP contribution is -2.62. The molecule has 2 aliphatic heterocycles. The average Bonchev–Trinajstić information content (AvgIpc) is 2.97. The number of allylic oxidation sites excluding steroid dienone is 2. The number of phenols is 1. The number of ether oxygens (including phenoxy) is 2. The molecule has 1 amide bonds. The van der Waals surface area contributed by atoms with Gasteiger partial charge in [-0.15, -0.1) is 0 Å². The molecule has 2 aliphatic carbocycles. The number of aromatic hydroxyl groups is 1. The van der Waals surface area contributed by atoms with Gasteiger partial charge in [0.1, 0.15) is 0 Å². The number of ketones is 1. The fraction of sp³-hybridized carbons (Fsp3) is 0.429. The summed E-state index contributed by atoms with van der Waals surface area (Å²) in [6.07, 6.45) is 5.87. The summed E-state index contributed by atoms with van der Waals surface area (Å²) < 4.78 is 10.7. The van der Waals surface area contributed by atoms with Crippen molar-refractivity contribution < 1.29 is 24.2 Å². The molecule has 1 spiro atoms. The van der Waals surface area contributed by atoms with Gasteiger partial charge in [0.2, 0.25) is 11.7 Å². The van der Waals surface area contributed by atoms with E-state index in [-0.39, 0.29) is 23.2 Å². The van der Waals surface area contributed by atoms with Crippen molar-refractivity contribution in [2.45, 2.75) is 36.6 Å². The highest BCUT2D eigenvalue weighted by molar-refractivity contribution is 6.06. The van der Waals surface area contributed by atoms with Crippen LogP contribution >= 0.6 is 0 Å². The molecule has 0 radical (unpaired) electrons. The molecule has 2 bridgehead atoms. The fourth-order valence-corrected chi connectivity index (χ4v) is 5.70. The molecule has 1 N–H and O–H groups in total. The molecule has 0 aromatic heterocycles. The quantitative estimate of drug-likeness (QED) is 0.865. The van der Waals surface area contributed by atoms with Crippen LogP contribution in [0.25, 0.3) is 0 Å². The van der Waals surface area contributed by atoms with Gasteiger partial charge in [0.05, 0.1) is 19.8 Å². The van der Waals surface area contributed by atoms with Crippen LogP contribution in [0.1, 0.15) is 30.4 Å². The summed E-state index contributed by atoms with van der Waals surface area (Å²) in [5.74, 6) is 0.748. The van der Waals surface area contributed by atoms with E-state index in [1.54, 1.807) is 12.1 Å². The van der Waals surface area contributed by atoms with E-state index in [1.165, 1.54) is 14.2 Å². The molecule has 27 heavy (non-hydrogen) atoms. The van der Waals surface area contributed by atoms with E-state index < -0.39 is 11.0 Å². The molecule has 2 heterocycles. The minimum Gasteiger partial charge on any atom is -0.504 e. The summed E-state index contributed by atoms with van der Waals surface area (Å²) in [6.45, 7) is 0.591. The Kier molecular flexibility index (Phi) is 3.13. The lowest BCUT2D eigenvalue weighted by Gasteiger charge is -2.57. The SMILES string of the molecule is COC1=C[C@]23CCN4C(=O)CC[C@@]4(Cc4ccc(OC)c(O)c42)C3=CC1=O. The molecule has 1 aromatic rings. The summed E-state index contributed by atoms with van der Waals surface area (Å²) in [4.78, 5) is 27.1. The maximum atomic E-state index is 12.6. The van der Waals surface area contributed by atoms with Gasteiger partial charge in [-0.05, 0) is 42.2 Å². The Bertz CT molecular complexity index is 962. The lowest BCUT2D eigenvalue weighted by molar-refractivity contribution is -0.132. The summed E-state index contributed by atoms with van der Waals surface area (Å²) >= 11 is 0. The molecule has 0 unspecified atom stereocenters. The number of benzene rings is 1. The Hall–Kier alpha value is -2.76.